The highest BCUT2D eigenvalue weighted by atomic mass is 32.2. The smallest absolute Gasteiger partial charge is 0.0622 e. The summed E-state index contributed by atoms with van der Waals surface area (Å²) in [6, 6.07) is 10.7. The third kappa shape index (κ3) is 2.57. The van der Waals surface area contributed by atoms with Gasteiger partial charge in [-0.1, -0.05) is 43.3 Å². The average molecular weight is 287 g/mol. The lowest BCUT2D eigenvalue weighted by Gasteiger charge is -2.23. The molecule has 108 valence electrons. The summed E-state index contributed by atoms with van der Waals surface area (Å²) in [5, 5.41) is 0.990. The maximum absolute atomic E-state index is 2.54. The molecule has 0 N–H and O–H groups in total. The molecule has 3 rings (SSSR count). The van der Waals surface area contributed by atoms with Gasteiger partial charge in [0.15, 0.2) is 0 Å². The molecule has 2 fully saturated rings. The van der Waals surface area contributed by atoms with E-state index in [1.807, 2.05) is 0 Å². The van der Waals surface area contributed by atoms with Crippen molar-refractivity contribution >= 4 is 17.0 Å². The maximum Gasteiger partial charge on any atom is 0.127 e. The maximum atomic E-state index is 2.54. The molecule has 1 saturated carbocycles. The summed E-state index contributed by atoms with van der Waals surface area (Å²) in [5.41, 5.74) is 1.34. The zero-order valence-corrected chi connectivity index (χ0v) is 13.8. The molecule has 0 spiro atoms. The van der Waals surface area contributed by atoms with Crippen molar-refractivity contribution in [1.82, 2.24) is 0 Å². The van der Waals surface area contributed by atoms with Crippen molar-refractivity contribution < 1.29 is 0 Å². The number of hydrogen-bond donors (Lipinski definition) is 0. The van der Waals surface area contributed by atoms with Crippen LogP contribution in [0.4, 0.5) is 0 Å². The van der Waals surface area contributed by atoms with Crippen molar-refractivity contribution in [3.8, 4) is 0 Å². The van der Waals surface area contributed by atoms with Crippen LogP contribution in [0.2, 0.25) is 0 Å². The zero-order valence-electron chi connectivity index (χ0n) is 13.0. The molecule has 0 aromatic heterocycles. The van der Waals surface area contributed by atoms with Crippen LogP contribution in [0.3, 0.4) is 0 Å². The fraction of sp³-hybridized carbons (Fsp3) is 0.579. The number of fused-ring (bicyclic) bond motifs is 2. The van der Waals surface area contributed by atoms with E-state index in [1.165, 1.54) is 30.6 Å². The molecule has 0 radical (unpaired) electrons. The van der Waals surface area contributed by atoms with Crippen LogP contribution < -0.4 is 0 Å². The molecule has 1 aliphatic carbocycles. The number of hydrogen-bond acceptors (Lipinski definition) is 0. The molecule has 1 heterocycles. The first-order valence-electron chi connectivity index (χ1n) is 8.00. The van der Waals surface area contributed by atoms with Crippen molar-refractivity contribution in [3.05, 3.63) is 42.0 Å². The molecule has 2 aliphatic rings. The van der Waals surface area contributed by atoms with Crippen molar-refractivity contribution in [1.29, 1.82) is 0 Å². The van der Waals surface area contributed by atoms with E-state index in [2.05, 4.69) is 63.3 Å². The summed E-state index contributed by atoms with van der Waals surface area (Å²) in [7, 11) is 0.566. The minimum Gasteiger partial charge on any atom is -0.0622 e. The van der Waals surface area contributed by atoms with E-state index in [1.54, 1.807) is 0 Å². The molecule has 0 nitrogen and oxygen atoms in total. The van der Waals surface area contributed by atoms with Gasteiger partial charge in [0.2, 0.25) is 0 Å². The summed E-state index contributed by atoms with van der Waals surface area (Å²) in [6.07, 6.45) is 9.18. The first-order valence-corrected chi connectivity index (χ1v) is 9.46. The monoisotopic (exact) mass is 287 g/mol. The first kappa shape index (κ1) is 14.3. The Bertz CT molecular complexity index is 474. The van der Waals surface area contributed by atoms with Gasteiger partial charge < -0.3 is 0 Å². The standard InChI is InChI=1S/C19H27S/c1-15-11-12-17-14-18(15)20(19(17,2)3)13-7-10-16-8-5-4-6-9-16/h4-10,15,17-18H,11-14H2,1-3H3/q+1/b10-7+. The molecule has 1 aromatic rings. The van der Waals surface area contributed by atoms with Crippen LogP contribution in [0.1, 0.15) is 45.6 Å². The van der Waals surface area contributed by atoms with Crippen molar-refractivity contribution in [2.45, 2.75) is 50.0 Å². The minimum absolute atomic E-state index is 0.566. The van der Waals surface area contributed by atoms with Crippen molar-refractivity contribution in [2.24, 2.45) is 11.8 Å². The molecule has 20 heavy (non-hydrogen) atoms. The Balaban J connectivity index is 1.71. The minimum atomic E-state index is 0.566. The lowest BCUT2D eigenvalue weighted by Crippen LogP contribution is -2.36. The van der Waals surface area contributed by atoms with Crippen LogP contribution >= 0.6 is 0 Å². The third-order valence-corrected chi connectivity index (χ3v) is 9.16. The van der Waals surface area contributed by atoms with Gasteiger partial charge in [0.25, 0.3) is 0 Å². The highest BCUT2D eigenvalue weighted by Crippen LogP contribution is 2.52. The lowest BCUT2D eigenvalue weighted by molar-refractivity contribution is 0.290. The molecular formula is C19H27S+. The molecule has 2 bridgehead atoms. The Morgan fingerprint density at radius 3 is 2.70 bits per heavy atom. The van der Waals surface area contributed by atoms with Gasteiger partial charge in [0, 0.05) is 29.2 Å². The molecule has 1 aliphatic heterocycles. The van der Waals surface area contributed by atoms with Crippen LogP contribution in [0.15, 0.2) is 36.4 Å². The molecule has 1 aromatic carbocycles. The summed E-state index contributed by atoms with van der Waals surface area (Å²) in [6.45, 7) is 7.56. The molecule has 4 atom stereocenters. The quantitative estimate of drug-likeness (QED) is 0.693. The van der Waals surface area contributed by atoms with Gasteiger partial charge in [0.05, 0.1) is 0 Å². The van der Waals surface area contributed by atoms with Gasteiger partial charge in [-0.2, -0.15) is 0 Å². The highest BCUT2D eigenvalue weighted by Gasteiger charge is 2.59. The van der Waals surface area contributed by atoms with Gasteiger partial charge in [-0.3, -0.25) is 0 Å². The predicted octanol–water partition coefficient (Wildman–Crippen LogP) is 4.92. The predicted molar refractivity (Wildman–Crippen MR) is 92.1 cm³/mol. The van der Waals surface area contributed by atoms with E-state index in [0.29, 0.717) is 15.6 Å². The number of rotatable bonds is 3. The van der Waals surface area contributed by atoms with Crippen LogP contribution in [0.5, 0.6) is 0 Å². The molecule has 1 saturated heterocycles. The second-order valence-corrected chi connectivity index (χ2v) is 9.89. The van der Waals surface area contributed by atoms with Crippen LogP contribution in [0.25, 0.3) is 6.08 Å². The van der Waals surface area contributed by atoms with E-state index in [9.17, 15) is 0 Å². The summed E-state index contributed by atoms with van der Waals surface area (Å²) >= 11 is 0. The summed E-state index contributed by atoms with van der Waals surface area (Å²) in [4.78, 5) is 0. The Labute approximate surface area is 127 Å². The Morgan fingerprint density at radius 1 is 1.20 bits per heavy atom. The Kier molecular flexibility index (Phi) is 3.99. The third-order valence-electron chi connectivity index (χ3n) is 5.53. The molecule has 4 unspecified atom stereocenters. The van der Waals surface area contributed by atoms with Crippen molar-refractivity contribution in [3.63, 3.8) is 0 Å². The van der Waals surface area contributed by atoms with E-state index in [0.717, 1.165) is 17.1 Å². The van der Waals surface area contributed by atoms with Gasteiger partial charge in [-0.25, -0.2) is 0 Å². The van der Waals surface area contributed by atoms with Gasteiger partial charge in [-0.15, -0.1) is 0 Å². The summed E-state index contributed by atoms with van der Waals surface area (Å²) < 4.78 is 0.566. The average Bonchev–Trinajstić information content (AvgIpc) is 2.65. The zero-order chi connectivity index (χ0) is 14.2. The molecule has 1 heteroatoms. The SMILES string of the molecule is CC1CCC2CC1[S+](C/C=C/c1ccccc1)C2(C)C. The fourth-order valence-corrected chi connectivity index (χ4v) is 7.67. The molecule has 0 amide bonds. The van der Waals surface area contributed by atoms with E-state index < -0.39 is 0 Å². The fourth-order valence-electron chi connectivity index (χ4n) is 4.10. The first-order chi connectivity index (χ1) is 9.59. The van der Waals surface area contributed by atoms with E-state index in [-0.39, 0.29) is 0 Å². The van der Waals surface area contributed by atoms with Gasteiger partial charge >= 0.3 is 0 Å². The Morgan fingerprint density at radius 2 is 1.95 bits per heavy atom. The second-order valence-electron chi connectivity index (χ2n) is 7.04. The molecular weight excluding hydrogens is 260 g/mol. The van der Waals surface area contributed by atoms with E-state index in [4.69, 9.17) is 0 Å². The van der Waals surface area contributed by atoms with Gasteiger partial charge in [-0.05, 0) is 38.3 Å². The Hall–Kier alpha value is -0.690. The van der Waals surface area contributed by atoms with Crippen molar-refractivity contribution in [2.75, 3.05) is 5.75 Å². The lowest BCUT2D eigenvalue weighted by atomic mass is 9.78. The topological polar surface area (TPSA) is 0 Å². The highest BCUT2D eigenvalue weighted by molar-refractivity contribution is 7.99. The largest absolute Gasteiger partial charge is 0.127 e. The summed E-state index contributed by atoms with van der Waals surface area (Å²) in [5.74, 6) is 3.21. The van der Waals surface area contributed by atoms with Crippen LogP contribution in [0, 0.1) is 11.8 Å². The van der Waals surface area contributed by atoms with E-state index >= 15 is 0 Å². The number of benzene rings is 1. The van der Waals surface area contributed by atoms with Crippen LogP contribution in [-0.2, 0) is 10.9 Å². The second kappa shape index (κ2) is 5.60. The normalized spacial score (nSPS) is 35.5. The van der Waals surface area contributed by atoms with Gasteiger partial charge in [0.1, 0.15) is 15.7 Å². The van der Waals surface area contributed by atoms with Crippen LogP contribution in [-0.4, -0.2) is 15.7 Å².